The van der Waals surface area contributed by atoms with E-state index in [4.69, 9.17) is 0 Å². The largest absolute Gasteiger partial charge is 0.344 e. The van der Waals surface area contributed by atoms with Gasteiger partial charge in [0, 0.05) is 19.2 Å². The first kappa shape index (κ1) is 15.1. The zero-order chi connectivity index (χ0) is 15.5. The molecule has 4 nitrogen and oxygen atoms in total. The molecule has 0 radical (unpaired) electrons. The normalized spacial score (nSPS) is 19.6. The number of hydrogen-bond acceptors (Lipinski definition) is 2. The fourth-order valence-corrected chi connectivity index (χ4v) is 3.82. The molecule has 0 saturated heterocycles. The van der Waals surface area contributed by atoms with E-state index in [1.807, 2.05) is 23.1 Å². The standard InChI is InChI=1S/C18H24N2O2/c1-13(21)19-17(15-8-2-3-9-15)18(22)20-12-6-10-14-7-4-5-11-16(14)20/h4-5,7,11,15,17H,2-3,6,8-10,12H2,1H3,(H,19,21). The lowest BCUT2D eigenvalue weighted by Gasteiger charge is -2.34. The van der Waals surface area contributed by atoms with E-state index >= 15 is 0 Å². The molecule has 4 heteroatoms. The van der Waals surface area contributed by atoms with E-state index in [-0.39, 0.29) is 23.8 Å². The van der Waals surface area contributed by atoms with Crippen LogP contribution in [0.1, 0.15) is 44.6 Å². The number of nitrogens with one attached hydrogen (secondary N) is 1. The van der Waals surface area contributed by atoms with Crippen LogP contribution in [0.5, 0.6) is 0 Å². The minimum absolute atomic E-state index is 0.0641. The van der Waals surface area contributed by atoms with Crippen LogP contribution in [0.2, 0.25) is 0 Å². The molecule has 1 N–H and O–H groups in total. The molecule has 2 aliphatic rings. The Morgan fingerprint density at radius 2 is 1.91 bits per heavy atom. The van der Waals surface area contributed by atoms with Gasteiger partial charge in [0.05, 0.1) is 0 Å². The Kier molecular flexibility index (Phi) is 4.46. The van der Waals surface area contributed by atoms with Crippen molar-refractivity contribution in [3.63, 3.8) is 0 Å². The SMILES string of the molecule is CC(=O)NC(C(=O)N1CCCc2ccccc21)C1CCCC1. The first-order valence-corrected chi connectivity index (χ1v) is 8.33. The number of para-hydroxylation sites is 1. The minimum Gasteiger partial charge on any atom is -0.344 e. The van der Waals surface area contributed by atoms with Gasteiger partial charge in [-0.2, -0.15) is 0 Å². The highest BCUT2D eigenvalue weighted by Crippen LogP contribution is 2.32. The molecule has 0 spiro atoms. The van der Waals surface area contributed by atoms with Crippen LogP contribution in [0, 0.1) is 5.92 Å². The predicted molar refractivity (Wildman–Crippen MR) is 86.7 cm³/mol. The summed E-state index contributed by atoms with van der Waals surface area (Å²) in [6.07, 6.45) is 6.39. The number of nitrogens with zero attached hydrogens (tertiary/aromatic N) is 1. The summed E-state index contributed by atoms with van der Waals surface area (Å²) < 4.78 is 0. The number of rotatable bonds is 3. The van der Waals surface area contributed by atoms with Gasteiger partial charge >= 0.3 is 0 Å². The van der Waals surface area contributed by atoms with E-state index in [1.165, 1.54) is 12.5 Å². The van der Waals surface area contributed by atoms with Crippen LogP contribution in [0.25, 0.3) is 0 Å². The van der Waals surface area contributed by atoms with Gasteiger partial charge in [0.25, 0.3) is 0 Å². The van der Waals surface area contributed by atoms with E-state index in [2.05, 4.69) is 11.4 Å². The zero-order valence-electron chi connectivity index (χ0n) is 13.2. The Morgan fingerprint density at radius 1 is 1.18 bits per heavy atom. The first-order valence-electron chi connectivity index (χ1n) is 8.33. The third kappa shape index (κ3) is 3.01. The number of anilines is 1. The average molecular weight is 300 g/mol. The van der Waals surface area contributed by atoms with E-state index in [0.717, 1.165) is 50.8 Å². The molecule has 1 aromatic rings. The van der Waals surface area contributed by atoms with Crippen molar-refractivity contribution in [2.24, 2.45) is 5.92 Å². The molecule has 0 bridgehead atoms. The third-order valence-electron chi connectivity index (χ3n) is 4.87. The van der Waals surface area contributed by atoms with Gasteiger partial charge in [-0.15, -0.1) is 0 Å². The van der Waals surface area contributed by atoms with E-state index in [1.54, 1.807) is 0 Å². The van der Waals surface area contributed by atoms with Crippen molar-refractivity contribution >= 4 is 17.5 Å². The Hall–Kier alpha value is -1.84. The van der Waals surface area contributed by atoms with Crippen LogP contribution >= 0.6 is 0 Å². The molecular weight excluding hydrogens is 276 g/mol. The first-order chi connectivity index (χ1) is 10.7. The lowest BCUT2D eigenvalue weighted by Crippen LogP contribution is -2.52. The summed E-state index contributed by atoms with van der Waals surface area (Å²) in [5, 5.41) is 2.92. The molecule has 1 heterocycles. The molecule has 1 atom stereocenters. The number of fused-ring (bicyclic) bond motifs is 1. The molecular formula is C18H24N2O2. The molecule has 1 aliphatic carbocycles. The van der Waals surface area contributed by atoms with Crippen LogP contribution < -0.4 is 10.2 Å². The van der Waals surface area contributed by atoms with Gasteiger partial charge in [-0.25, -0.2) is 0 Å². The number of aryl methyl sites for hydroxylation is 1. The van der Waals surface area contributed by atoms with Crippen molar-refractivity contribution in [3.8, 4) is 0 Å². The molecule has 3 rings (SSSR count). The maximum atomic E-state index is 13.1. The van der Waals surface area contributed by atoms with Crippen molar-refractivity contribution in [2.75, 3.05) is 11.4 Å². The summed E-state index contributed by atoms with van der Waals surface area (Å²) in [4.78, 5) is 26.5. The van der Waals surface area contributed by atoms with Gasteiger partial charge in [0.15, 0.2) is 0 Å². The van der Waals surface area contributed by atoms with Crippen LogP contribution in [0.4, 0.5) is 5.69 Å². The highest BCUT2D eigenvalue weighted by molar-refractivity contribution is 6.00. The molecule has 118 valence electrons. The van der Waals surface area contributed by atoms with Crippen molar-refractivity contribution in [1.82, 2.24) is 5.32 Å². The lowest BCUT2D eigenvalue weighted by atomic mass is 9.94. The van der Waals surface area contributed by atoms with Crippen molar-refractivity contribution < 1.29 is 9.59 Å². The predicted octanol–water partition coefficient (Wildman–Crippen LogP) is 2.66. The van der Waals surface area contributed by atoms with Crippen molar-refractivity contribution in [3.05, 3.63) is 29.8 Å². The quantitative estimate of drug-likeness (QED) is 0.933. The highest BCUT2D eigenvalue weighted by atomic mass is 16.2. The maximum Gasteiger partial charge on any atom is 0.249 e. The highest BCUT2D eigenvalue weighted by Gasteiger charge is 2.35. The van der Waals surface area contributed by atoms with E-state index in [0.29, 0.717) is 0 Å². The minimum atomic E-state index is -0.369. The number of carbonyl (C=O) groups excluding carboxylic acids is 2. The molecule has 1 unspecified atom stereocenters. The second-order valence-corrected chi connectivity index (χ2v) is 6.44. The molecule has 1 fully saturated rings. The Bertz CT molecular complexity index is 564. The molecule has 1 aliphatic heterocycles. The van der Waals surface area contributed by atoms with Gasteiger partial charge in [-0.3, -0.25) is 9.59 Å². The zero-order valence-corrected chi connectivity index (χ0v) is 13.2. The van der Waals surface area contributed by atoms with Crippen LogP contribution in [-0.2, 0) is 16.0 Å². The fraction of sp³-hybridized carbons (Fsp3) is 0.556. The molecule has 0 aromatic heterocycles. The summed E-state index contributed by atoms with van der Waals surface area (Å²) in [7, 11) is 0. The molecule has 1 aromatic carbocycles. The number of amides is 2. The summed E-state index contributed by atoms with van der Waals surface area (Å²) in [6.45, 7) is 2.25. The summed E-state index contributed by atoms with van der Waals surface area (Å²) >= 11 is 0. The van der Waals surface area contributed by atoms with Crippen LogP contribution in [-0.4, -0.2) is 24.4 Å². The second kappa shape index (κ2) is 6.51. The van der Waals surface area contributed by atoms with Crippen LogP contribution in [0.3, 0.4) is 0 Å². The molecule has 22 heavy (non-hydrogen) atoms. The van der Waals surface area contributed by atoms with Gasteiger partial charge in [-0.05, 0) is 43.2 Å². The van der Waals surface area contributed by atoms with Crippen molar-refractivity contribution in [2.45, 2.75) is 51.5 Å². The Balaban J connectivity index is 1.85. The number of benzene rings is 1. The summed E-state index contributed by atoms with van der Waals surface area (Å²) in [5.41, 5.74) is 2.25. The summed E-state index contributed by atoms with van der Waals surface area (Å²) in [6, 6.07) is 7.75. The second-order valence-electron chi connectivity index (χ2n) is 6.44. The van der Waals surface area contributed by atoms with Crippen LogP contribution in [0.15, 0.2) is 24.3 Å². The van der Waals surface area contributed by atoms with E-state index < -0.39 is 0 Å². The molecule has 1 saturated carbocycles. The Labute approximate surface area is 131 Å². The van der Waals surface area contributed by atoms with Crippen molar-refractivity contribution in [1.29, 1.82) is 0 Å². The lowest BCUT2D eigenvalue weighted by molar-refractivity contribution is -0.127. The maximum absolute atomic E-state index is 13.1. The number of hydrogen-bond donors (Lipinski definition) is 1. The van der Waals surface area contributed by atoms with Gasteiger partial charge < -0.3 is 10.2 Å². The topological polar surface area (TPSA) is 49.4 Å². The van der Waals surface area contributed by atoms with E-state index in [9.17, 15) is 9.59 Å². The Morgan fingerprint density at radius 3 is 2.64 bits per heavy atom. The van der Waals surface area contributed by atoms with Gasteiger partial charge in [-0.1, -0.05) is 31.0 Å². The third-order valence-corrected chi connectivity index (χ3v) is 4.87. The summed E-state index contributed by atoms with van der Waals surface area (Å²) in [5.74, 6) is 0.232. The number of carbonyl (C=O) groups is 2. The smallest absolute Gasteiger partial charge is 0.249 e. The fourth-order valence-electron chi connectivity index (χ4n) is 3.82. The average Bonchev–Trinajstić information content (AvgIpc) is 3.05. The monoisotopic (exact) mass is 300 g/mol. The molecule has 2 amide bonds. The van der Waals surface area contributed by atoms with Gasteiger partial charge in [0.1, 0.15) is 6.04 Å². The van der Waals surface area contributed by atoms with Gasteiger partial charge in [0.2, 0.25) is 11.8 Å².